The van der Waals surface area contributed by atoms with E-state index in [1.807, 2.05) is 32.1 Å². The number of nitrogens with zero attached hydrogens (tertiary/aromatic N) is 4. The SMILES string of the molecule is CN(C)c1nccc(N(C)CCOCC2CC2)n1. The van der Waals surface area contributed by atoms with Gasteiger partial charge in [-0.15, -0.1) is 0 Å². The van der Waals surface area contributed by atoms with E-state index in [1.54, 1.807) is 6.20 Å². The van der Waals surface area contributed by atoms with Crippen LogP contribution in [0.25, 0.3) is 0 Å². The van der Waals surface area contributed by atoms with Crippen molar-refractivity contribution in [1.82, 2.24) is 9.97 Å². The Morgan fingerprint density at radius 2 is 2.11 bits per heavy atom. The number of likely N-dealkylation sites (N-methyl/N-ethyl adjacent to an activating group) is 1. The van der Waals surface area contributed by atoms with Crippen molar-refractivity contribution in [2.45, 2.75) is 12.8 Å². The molecule has 1 aromatic heterocycles. The molecular weight excluding hydrogens is 228 g/mol. The highest BCUT2D eigenvalue weighted by Crippen LogP contribution is 2.28. The third-order valence-corrected chi connectivity index (χ3v) is 3.04. The van der Waals surface area contributed by atoms with Crippen LogP contribution in [0.5, 0.6) is 0 Å². The second-order valence-electron chi connectivity index (χ2n) is 5.05. The van der Waals surface area contributed by atoms with Crippen molar-refractivity contribution >= 4 is 11.8 Å². The van der Waals surface area contributed by atoms with Gasteiger partial charge in [0.25, 0.3) is 0 Å². The molecule has 5 nitrogen and oxygen atoms in total. The maximum Gasteiger partial charge on any atom is 0.226 e. The van der Waals surface area contributed by atoms with Gasteiger partial charge >= 0.3 is 0 Å². The molecule has 0 aliphatic heterocycles. The zero-order valence-corrected chi connectivity index (χ0v) is 11.5. The first-order chi connectivity index (χ1) is 8.66. The molecule has 0 N–H and O–H groups in total. The third-order valence-electron chi connectivity index (χ3n) is 3.04. The Hall–Kier alpha value is -1.36. The minimum Gasteiger partial charge on any atom is -0.379 e. The van der Waals surface area contributed by atoms with Crippen LogP contribution < -0.4 is 9.80 Å². The topological polar surface area (TPSA) is 41.5 Å². The average molecular weight is 250 g/mol. The zero-order valence-electron chi connectivity index (χ0n) is 11.5. The molecular formula is C13H22N4O. The fourth-order valence-electron chi connectivity index (χ4n) is 1.62. The fraction of sp³-hybridized carbons (Fsp3) is 0.692. The van der Waals surface area contributed by atoms with Crippen molar-refractivity contribution < 1.29 is 4.74 Å². The molecule has 1 heterocycles. The maximum absolute atomic E-state index is 5.63. The van der Waals surface area contributed by atoms with Gasteiger partial charge in [0.2, 0.25) is 5.95 Å². The van der Waals surface area contributed by atoms with E-state index in [1.165, 1.54) is 12.8 Å². The zero-order chi connectivity index (χ0) is 13.0. The molecule has 0 amide bonds. The van der Waals surface area contributed by atoms with Gasteiger partial charge in [0.05, 0.1) is 6.61 Å². The summed E-state index contributed by atoms with van der Waals surface area (Å²) in [6.07, 6.45) is 4.47. The second-order valence-corrected chi connectivity index (χ2v) is 5.05. The summed E-state index contributed by atoms with van der Waals surface area (Å²) < 4.78 is 5.63. The van der Waals surface area contributed by atoms with Crippen molar-refractivity contribution in [1.29, 1.82) is 0 Å². The summed E-state index contributed by atoms with van der Waals surface area (Å²) >= 11 is 0. The van der Waals surface area contributed by atoms with Crippen LogP contribution in [-0.2, 0) is 4.74 Å². The molecule has 0 spiro atoms. The molecule has 5 heteroatoms. The summed E-state index contributed by atoms with van der Waals surface area (Å²) in [6, 6.07) is 1.92. The van der Waals surface area contributed by atoms with Crippen molar-refractivity contribution in [3.8, 4) is 0 Å². The molecule has 1 saturated carbocycles. The molecule has 0 atom stereocenters. The lowest BCUT2D eigenvalue weighted by molar-refractivity contribution is 0.131. The molecule has 0 unspecified atom stereocenters. The van der Waals surface area contributed by atoms with E-state index < -0.39 is 0 Å². The number of rotatable bonds is 7. The number of hydrogen-bond acceptors (Lipinski definition) is 5. The highest BCUT2D eigenvalue weighted by Gasteiger charge is 2.21. The van der Waals surface area contributed by atoms with Gasteiger partial charge in [-0.2, -0.15) is 4.98 Å². The molecule has 18 heavy (non-hydrogen) atoms. The van der Waals surface area contributed by atoms with E-state index >= 15 is 0 Å². The number of anilines is 2. The highest BCUT2D eigenvalue weighted by atomic mass is 16.5. The summed E-state index contributed by atoms with van der Waals surface area (Å²) in [4.78, 5) is 12.7. The predicted molar refractivity (Wildman–Crippen MR) is 73.2 cm³/mol. The summed E-state index contributed by atoms with van der Waals surface area (Å²) in [5.41, 5.74) is 0. The van der Waals surface area contributed by atoms with Crippen LogP contribution in [0.4, 0.5) is 11.8 Å². The molecule has 1 fully saturated rings. The quantitative estimate of drug-likeness (QED) is 0.684. The lowest BCUT2D eigenvalue weighted by atomic mass is 10.4. The first-order valence-electron chi connectivity index (χ1n) is 6.46. The molecule has 0 radical (unpaired) electrons. The van der Waals surface area contributed by atoms with Crippen molar-refractivity contribution in [3.05, 3.63) is 12.3 Å². The van der Waals surface area contributed by atoms with Gasteiger partial charge < -0.3 is 14.5 Å². The van der Waals surface area contributed by atoms with Gasteiger partial charge in [-0.05, 0) is 24.8 Å². The average Bonchev–Trinajstić information content (AvgIpc) is 3.18. The Morgan fingerprint density at radius 1 is 1.33 bits per heavy atom. The monoisotopic (exact) mass is 250 g/mol. The van der Waals surface area contributed by atoms with E-state index in [0.717, 1.165) is 37.4 Å². The Bertz CT molecular complexity index is 379. The Labute approximate surface area is 109 Å². The fourth-order valence-corrected chi connectivity index (χ4v) is 1.62. The molecule has 1 aliphatic carbocycles. The summed E-state index contributed by atoms with van der Waals surface area (Å²) in [7, 11) is 5.91. The number of hydrogen-bond donors (Lipinski definition) is 0. The minimum absolute atomic E-state index is 0.734. The number of ether oxygens (including phenoxy) is 1. The van der Waals surface area contributed by atoms with Gasteiger partial charge in [-0.3, -0.25) is 0 Å². The van der Waals surface area contributed by atoms with E-state index in [-0.39, 0.29) is 0 Å². The van der Waals surface area contributed by atoms with Crippen molar-refractivity contribution in [2.24, 2.45) is 5.92 Å². The third kappa shape index (κ3) is 3.84. The Morgan fingerprint density at radius 3 is 2.78 bits per heavy atom. The van der Waals surface area contributed by atoms with Crippen LogP contribution in [0.3, 0.4) is 0 Å². The van der Waals surface area contributed by atoms with Crippen LogP contribution in [0.15, 0.2) is 12.3 Å². The van der Waals surface area contributed by atoms with Gasteiger partial charge in [-0.1, -0.05) is 0 Å². The molecule has 2 rings (SSSR count). The minimum atomic E-state index is 0.734. The van der Waals surface area contributed by atoms with E-state index in [4.69, 9.17) is 4.74 Å². The molecule has 100 valence electrons. The van der Waals surface area contributed by atoms with Crippen molar-refractivity contribution in [2.75, 3.05) is 50.7 Å². The van der Waals surface area contributed by atoms with Gasteiger partial charge in [0.1, 0.15) is 5.82 Å². The van der Waals surface area contributed by atoms with Crippen LogP contribution in [0.1, 0.15) is 12.8 Å². The van der Waals surface area contributed by atoms with Crippen molar-refractivity contribution in [3.63, 3.8) is 0 Å². The lowest BCUT2D eigenvalue weighted by Crippen LogP contribution is -2.25. The van der Waals surface area contributed by atoms with E-state index in [2.05, 4.69) is 14.9 Å². The largest absolute Gasteiger partial charge is 0.379 e. The second kappa shape index (κ2) is 6.00. The summed E-state index contributed by atoms with van der Waals surface area (Å²) in [6.45, 7) is 2.53. The Balaban J connectivity index is 1.79. The lowest BCUT2D eigenvalue weighted by Gasteiger charge is -2.19. The number of aromatic nitrogens is 2. The normalized spacial score (nSPS) is 14.6. The van der Waals surface area contributed by atoms with Crippen LogP contribution in [0, 0.1) is 5.92 Å². The maximum atomic E-state index is 5.63. The Kier molecular flexibility index (Phi) is 4.36. The van der Waals surface area contributed by atoms with Crippen LogP contribution in [0.2, 0.25) is 0 Å². The molecule has 0 aromatic carbocycles. The smallest absolute Gasteiger partial charge is 0.226 e. The molecule has 0 bridgehead atoms. The van der Waals surface area contributed by atoms with Gasteiger partial charge in [0, 0.05) is 40.5 Å². The summed E-state index contributed by atoms with van der Waals surface area (Å²) in [5.74, 6) is 2.50. The van der Waals surface area contributed by atoms with E-state index in [9.17, 15) is 0 Å². The molecule has 0 saturated heterocycles. The first kappa shape index (κ1) is 13.1. The first-order valence-corrected chi connectivity index (χ1v) is 6.46. The van der Waals surface area contributed by atoms with E-state index in [0.29, 0.717) is 0 Å². The van der Waals surface area contributed by atoms with Crippen LogP contribution in [-0.4, -0.2) is 50.9 Å². The highest BCUT2D eigenvalue weighted by molar-refractivity contribution is 5.42. The molecule has 1 aliphatic rings. The van der Waals surface area contributed by atoms with Gasteiger partial charge in [0.15, 0.2) is 0 Å². The summed E-state index contributed by atoms with van der Waals surface area (Å²) in [5, 5.41) is 0. The standard InChI is InChI=1S/C13H22N4O/c1-16(2)13-14-7-6-12(15-13)17(3)8-9-18-10-11-4-5-11/h6-7,11H,4-5,8-10H2,1-3H3. The van der Waals surface area contributed by atoms with Gasteiger partial charge in [-0.25, -0.2) is 4.98 Å². The predicted octanol–water partition coefficient (Wildman–Crippen LogP) is 1.41. The molecule has 1 aromatic rings. The van der Waals surface area contributed by atoms with Crippen LogP contribution >= 0.6 is 0 Å².